The number of nitrogens with two attached hydrogens (primary N) is 1. The predicted octanol–water partition coefficient (Wildman–Crippen LogP) is 3.65. The minimum atomic E-state index is 0.332. The van der Waals surface area contributed by atoms with E-state index in [0.29, 0.717) is 17.5 Å². The predicted molar refractivity (Wildman–Crippen MR) is 83.2 cm³/mol. The van der Waals surface area contributed by atoms with E-state index < -0.39 is 0 Å². The number of hydrogen-bond acceptors (Lipinski definition) is 5. The van der Waals surface area contributed by atoms with E-state index in [-0.39, 0.29) is 0 Å². The van der Waals surface area contributed by atoms with Gasteiger partial charge in [0.1, 0.15) is 4.88 Å². The Morgan fingerprint density at radius 2 is 2.05 bits per heavy atom. The first-order chi connectivity index (χ1) is 10.3. The number of nitrogens with zero attached hydrogens (tertiary/aromatic N) is 2. The van der Waals surface area contributed by atoms with Crippen molar-refractivity contribution in [1.82, 2.24) is 10.1 Å². The zero-order valence-electron chi connectivity index (χ0n) is 11.5. The molecule has 0 saturated heterocycles. The fourth-order valence-corrected chi connectivity index (χ4v) is 3.64. The fraction of sp³-hybridized carbons (Fsp3) is 0.250. The van der Waals surface area contributed by atoms with Crippen molar-refractivity contribution in [1.29, 1.82) is 0 Å². The van der Waals surface area contributed by atoms with Crippen LogP contribution in [-0.4, -0.2) is 10.1 Å². The number of aromatic nitrogens is 2. The Morgan fingerprint density at radius 1 is 1.19 bits per heavy atom. The molecule has 0 fully saturated rings. The van der Waals surface area contributed by atoms with Gasteiger partial charge in [-0.25, -0.2) is 0 Å². The molecule has 0 spiro atoms. The van der Waals surface area contributed by atoms with Gasteiger partial charge in [0.2, 0.25) is 0 Å². The number of fused-ring (bicyclic) bond motifs is 1. The van der Waals surface area contributed by atoms with E-state index in [4.69, 9.17) is 10.3 Å². The lowest BCUT2D eigenvalue weighted by atomic mass is 9.83. The molecule has 0 saturated carbocycles. The van der Waals surface area contributed by atoms with Gasteiger partial charge in [-0.15, -0.1) is 11.3 Å². The maximum Gasteiger partial charge on any atom is 0.270 e. The van der Waals surface area contributed by atoms with E-state index >= 15 is 0 Å². The van der Waals surface area contributed by atoms with E-state index in [1.165, 1.54) is 22.5 Å². The molecule has 1 atom stereocenters. The average molecular weight is 297 g/mol. The fourth-order valence-electron chi connectivity index (χ4n) is 2.90. The maximum atomic E-state index is 5.91. The molecule has 1 aliphatic rings. The quantitative estimate of drug-likeness (QED) is 0.784. The second-order valence-electron chi connectivity index (χ2n) is 5.37. The SMILES string of the molecule is Nc1ccsc1-c1nc(C2CCc3ccccc3C2)no1. The molecule has 1 unspecified atom stereocenters. The maximum absolute atomic E-state index is 5.91. The van der Waals surface area contributed by atoms with Crippen molar-refractivity contribution in [2.24, 2.45) is 0 Å². The molecular formula is C16H15N3OS. The second-order valence-corrected chi connectivity index (χ2v) is 6.29. The lowest BCUT2D eigenvalue weighted by molar-refractivity contribution is 0.410. The molecule has 2 aromatic heterocycles. The number of rotatable bonds is 2. The van der Waals surface area contributed by atoms with Crippen LogP contribution in [0.15, 0.2) is 40.2 Å². The van der Waals surface area contributed by atoms with Gasteiger partial charge in [0.05, 0.1) is 5.69 Å². The first kappa shape index (κ1) is 12.6. The van der Waals surface area contributed by atoms with Gasteiger partial charge in [-0.2, -0.15) is 4.98 Å². The lowest BCUT2D eigenvalue weighted by Gasteiger charge is -2.21. The summed E-state index contributed by atoms with van der Waals surface area (Å²) in [6.07, 6.45) is 3.12. The topological polar surface area (TPSA) is 64.9 Å². The van der Waals surface area contributed by atoms with Crippen molar-refractivity contribution < 1.29 is 4.52 Å². The summed E-state index contributed by atoms with van der Waals surface area (Å²) >= 11 is 1.53. The van der Waals surface area contributed by atoms with Crippen molar-refractivity contribution in [2.75, 3.05) is 5.73 Å². The molecule has 0 bridgehead atoms. The summed E-state index contributed by atoms with van der Waals surface area (Å²) in [6, 6.07) is 10.5. The molecule has 0 amide bonds. The highest BCUT2D eigenvalue weighted by molar-refractivity contribution is 7.14. The van der Waals surface area contributed by atoms with Gasteiger partial charge in [-0.1, -0.05) is 29.4 Å². The van der Waals surface area contributed by atoms with Crippen LogP contribution in [0.2, 0.25) is 0 Å². The van der Waals surface area contributed by atoms with Crippen LogP contribution in [0.3, 0.4) is 0 Å². The third-order valence-electron chi connectivity index (χ3n) is 4.04. The third kappa shape index (κ3) is 2.23. The molecule has 4 nitrogen and oxygen atoms in total. The Bertz CT molecular complexity index is 777. The third-order valence-corrected chi connectivity index (χ3v) is 4.96. The first-order valence-corrected chi connectivity index (χ1v) is 7.93. The van der Waals surface area contributed by atoms with Gasteiger partial charge in [0.25, 0.3) is 5.89 Å². The second kappa shape index (κ2) is 5.00. The van der Waals surface area contributed by atoms with Gasteiger partial charge < -0.3 is 10.3 Å². The Kier molecular flexibility index (Phi) is 3.00. The van der Waals surface area contributed by atoms with Crippen molar-refractivity contribution in [3.63, 3.8) is 0 Å². The summed E-state index contributed by atoms with van der Waals surface area (Å²) in [5.74, 6) is 1.67. The highest BCUT2D eigenvalue weighted by Crippen LogP contribution is 2.34. The molecule has 0 aliphatic heterocycles. The van der Waals surface area contributed by atoms with Crippen LogP contribution in [-0.2, 0) is 12.8 Å². The summed E-state index contributed by atoms with van der Waals surface area (Å²) < 4.78 is 5.40. The zero-order chi connectivity index (χ0) is 14.2. The zero-order valence-corrected chi connectivity index (χ0v) is 12.3. The van der Waals surface area contributed by atoms with Crippen LogP contribution >= 0.6 is 11.3 Å². The Balaban J connectivity index is 1.61. The lowest BCUT2D eigenvalue weighted by Crippen LogP contribution is -2.13. The van der Waals surface area contributed by atoms with Crippen molar-refractivity contribution in [3.05, 3.63) is 52.7 Å². The average Bonchev–Trinajstić information content (AvgIpc) is 3.15. The van der Waals surface area contributed by atoms with E-state index in [9.17, 15) is 0 Å². The van der Waals surface area contributed by atoms with Gasteiger partial charge >= 0.3 is 0 Å². The summed E-state index contributed by atoms with van der Waals surface area (Å²) in [4.78, 5) is 5.43. The summed E-state index contributed by atoms with van der Waals surface area (Å²) in [7, 11) is 0. The van der Waals surface area contributed by atoms with Gasteiger partial charge in [-0.3, -0.25) is 0 Å². The molecular weight excluding hydrogens is 282 g/mol. The first-order valence-electron chi connectivity index (χ1n) is 7.05. The van der Waals surface area contributed by atoms with Crippen LogP contribution in [0.5, 0.6) is 0 Å². The van der Waals surface area contributed by atoms with Crippen LogP contribution in [0.4, 0.5) is 5.69 Å². The van der Waals surface area contributed by atoms with Crippen LogP contribution < -0.4 is 5.73 Å². The molecule has 1 aromatic carbocycles. The number of benzene rings is 1. The molecule has 0 radical (unpaired) electrons. The molecule has 4 rings (SSSR count). The standard InChI is InChI=1S/C16H15N3OS/c17-13-7-8-21-14(13)16-18-15(19-20-16)12-6-5-10-3-1-2-4-11(10)9-12/h1-4,7-8,12H,5-6,9,17H2. The van der Waals surface area contributed by atoms with E-state index in [1.54, 1.807) is 0 Å². The molecule has 21 heavy (non-hydrogen) atoms. The number of nitrogen functional groups attached to an aromatic ring is 1. The Morgan fingerprint density at radius 3 is 2.86 bits per heavy atom. The van der Waals surface area contributed by atoms with Gasteiger partial charge in [-0.05, 0) is 41.8 Å². The van der Waals surface area contributed by atoms with E-state index in [0.717, 1.165) is 30.0 Å². The summed E-state index contributed by atoms with van der Waals surface area (Å²) in [6.45, 7) is 0. The number of aryl methyl sites for hydroxylation is 1. The smallest absolute Gasteiger partial charge is 0.270 e. The molecule has 1 aliphatic carbocycles. The van der Waals surface area contributed by atoms with E-state index in [2.05, 4.69) is 34.4 Å². The highest BCUT2D eigenvalue weighted by Gasteiger charge is 2.25. The summed E-state index contributed by atoms with van der Waals surface area (Å²) in [5.41, 5.74) is 9.45. The number of hydrogen-bond donors (Lipinski definition) is 1. The van der Waals surface area contributed by atoms with Crippen LogP contribution in [0.1, 0.15) is 29.3 Å². The molecule has 5 heteroatoms. The van der Waals surface area contributed by atoms with Crippen molar-refractivity contribution >= 4 is 17.0 Å². The largest absolute Gasteiger partial charge is 0.397 e. The van der Waals surface area contributed by atoms with Crippen LogP contribution in [0.25, 0.3) is 10.8 Å². The molecule has 2 N–H and O–H groups in total. The molecule has 3 aromatic rings. The molecule has 2 heterocycles. The Hall–Kier alpha value is -2.14. The highest BCUT2D eigenvalue weighted by atomic mass is 32.1. The minimum Gasteiger partial charge on any atom is -0.397 e. The van der Waals surface area contributed by atoms with Crippen molar-refractivity contribution in [2.45, 2.75) is 25.2 Å². The summed E-state index contributed by atoms with van der Waals surface area (Å²) in [5, 5.41) is 6.11. The minimum absolute atomic E-state index is 0.332. The van der Waals surface area contributed by atoms with Gasteiger partial charge in [0.15, 0.2) is 5.82 Å². The monoisotopic (exact) mass is 297 g/mol. The van der Waals surface area contributed by atoms with Crippen molar-refractivity contribution in [3.8, 4) is 10.8 Å². The normalized spacial score (nSPS) is 17.6. The number of thiophene rings is 1. The number of anilines is 1. The Labute approximate surface area is 126 Å². The van der Waals surface area contributed by atoms with Crippen LogP contribution in [0, 0.1) is 0 Å². The molecule has 106 valence electrons. The van der Waals surface area contributed by atoms with E-state index in [1.807, 2.05) is 11.4 Å². The van der Waals surface area contributed by atoms with Gasteiger partial charge in [0, 0.05) is 5.92 Å².